The van der Waals surface area contributed by atoms with Gasteiger partial charge in [0.15, 0.2) is 0 Å². The van der Waals surface area contributed by atoms with Gasteiger partial charge in [-0.2, -0.15) is 0 Å². The van der Waals surface area contributed by atoms with Gasteiger partial charge in [-0.05, 0) is 32.1 Å². The Labute approximate surface area is 141 Å². The maximum absolute atomic E-state index is 12.8. The van der Waals surface area contributed by atoms with Crippen molar-refractivity contribution in [3.8, 4) is 0 Å². The fourth-order valence-corrected chi connectivity index (χ4v) is 4.72. The quantitative estimate of drug-likeness (QED) is 0.803. The topological polar surface area (TPSA) is 66.8 Å². The molecule has 5 nitrogen and oxygen atoms in total. The SMILES string of the molecule is C=C(C)[C@@H]1CC=C(CN2C[C@]34C=C[C@@H](O3)[C@H](C(=O)O)[C@@H]4C2=O)CC1. The number of allylic oxidation sites excluding steroid dienone is 2. The van der Waals surface area contributed by atoms with Crippen LogP contribution in [0.25, 0.3) is 0 Å². The monoisotopic (exact) mass is 329 g/mol. The van der Waals surface area contributed by atoms with E-state index in [1.165, 1.54) is 11.1 Å². The first-order chi connectivity index (χ1) is 11.4. The zero-order valence-electron chi connectivity index (χ0n) is 13.9. The molecule has 3 heterocycles. The Balaban J connectivity index is 1.50. The summed E-state index contributed by atoms with van der Waals surface area (Å²) in [6, 6.07) is 0. The standard InChI is InChI=1S/C19H23NO4/c1-11(2)13-5-3-12(4-6-13)9-20-10-19-8-7-14(24-19)15(18(22)23)16(19)17(20)21/h3,7-8,13-16H,1,4-6,9-10H2,2H3,(H,22,23)/t13-,14-,15+,16-,19+/m1/s1. The summed E-state index contributed by atoms with van der Waals surface area (Å²) in [5.74, 6) is -1.79. The van der Waals surface area contributed by atoms with E-state index in [1.54, 1.807) is 4.90 Å². The van der Waals surface area contributed by atoms with Gasteiger partial charge >= 0.3 is 5.97 Å². The molecule has 2 saturated heterocycles. The fourth-order valence-electron chi connectivity index (χ4n) is 4.72. The summed E-state index contributed by atoms with van der Waals surface area (Å²) < 4.78 is 5.91. The van der Waals surface area contributed by atoms with Crippen molar-refractivity contribution in [3.63, 3.8) is 0 Å². The van der Waals surface area contributed by atoms with Crippen LogP contribution in [-0.2, 0) is 14.3 Å². The van der Waals surface area contributed by atoms with Crippen molar-refractivity contribution in [2.24, 2.45) is 17.8 Å². The lowest BCUT2D eigenvalue weighted by Crippen LogP contribution is -2.39. The van der Waals surface area contributed by atoms with E-state index in [1.807, 2.05) is 12.2 Å². The van der Waals surface area contributed by atoms with Crippen LogP contribution in [0.3, 0.4) is 0 Å². The van der Waals surface area contributed by atoms with Gasteiger partial charge in [-0.1, -0.05) is 36.0 Å². The van der Waals surface area contributed by atoms with Gasteiger partial charge in [0.1, 0.15) is 11.5 Å². The molecule has 1 spiro atoms. The largest absolute Gasteiger partial charge is 0.481 e. The normalized spacial score (nSPS) is 40.0. The van der Waals surface area contributed by atoms with E-state index in [0.717, 1.165) is 19.3 Å². The molecule has 0 aromatic carbocycles. The van der Waals surface area contributed by atoms with E-state index in [2.05, 4.69) is 19.6 Å². The van der Waals surface area contributed by atoms with Crippen LogP contribution >= 0.6 is 0 Å². The molecule has 5 heteroatoms. The van der Waals surface area contributed by atoms with Gasteiger partial charge in [0.2, 0.25) is 5.91 Å². The molecule has 0 aromatic rings. The van der Waals surface area contributed by atoms with Gasteiger partial charge in [-0.25, -0.2) is 0 Å². The molecule has 5 atom stereocenters. The third-order valence-corrected chi connectivity index (χ3v) is 6.06. The Hall–Kier alpha value is -1.88. The van der Waals surface area contributed by atoms with Crippen molar-refractivity contribution in [1.82, 2.24) is 4.90 Å². The summed E-state index contributed by atoms with van der Waals surface area (Å²) in [7, 11) is 0. The number of carboxylic acid groups (broad SMARTS) is 1. The lowest BCUT2D eigenvalue weighted by molar-refractivity contribution is -0.148. The molecule has 2 fully saturated rings. The minimum Gasteiger partial charge on any atom is -0.481 e. The molecule has 1 aliphatic carbocycles. The summed E-state index contributed by atoms with van der Waals surface area (Å²) in [6.07, 6.45) is 8.52. The van der Waals surface area contributed by atoms with Crippen LogP contribution in [0.2, 0.25) is 0 Å². The summed E-state index contributed by atoms with van der Waals surface area (Å²) >= 11 is 0. The molecule has 24 heavy (non-hydrogen) atoms. The second-order valence-corrected chi connectivity index (χ2v) is 7.61. The first kappa shape index (κ1) is 15.6. The molecule has 0 unspecified atom stereocenters. The molecule has 128 valence electrons. The molecule has 3 aliphatic heterocycles. The van der Waals surface area contributed by atoms with Crippen LogP contribution < -0.4 is 0 Å². The molecule has 1 amide bonds. The summed E-state index contributed by atoms with van der Waals surface area (Å²) in [4.78, 5) is 26.2. The van der Waals surface area contributed by atoms with Crippen molar-refractivity contribution in [3.05, 3.63) is 36.0 Å². The zero-order chi connectivity index (χ0) is 17.1. The minimum atomic E-state index is -0.937. The number of aliphatic carboxylic acids is 1. The van der Waals surface area contributed by atoms with Crippen LogP contribution in [0.5, 0.6) is 0 Å². The van der Waals surface area contributed by atoms with E-state index in [0.29, 0.717) is 19.0 Å². The van der Waals surface area contributed by atoms with Gasteiger partial charge < -0.3 is 14.7 Å². The Morgan fingerprint density at radius 3 is 2.96 bits per heavy atom. The number of carbonyl (C=O) groups is 2. The van der Waals surface area contributed by atoms with Crippen molar-refractivity contribution in [1.29, 1.82) is 0 Å². The number of rotatable bonds is 4. The third-order valence-electron chi connectivity index (χ3n) is 6.06. The highest BCUT2D eigenvalue weighted by Gasteiger charge is 2.67. The number of amides is 1. The van der Waals surface area contributed by atoms with Gasteiger partial charge in [-0.3, -0.25) is 9.59 Å². The molecule has 4 aliphatic rings. The average molecular weight is 329 g/mol. The van der Waals surface area contributed by atoms with Crippen molar-refractivity contribution < 1.29 is 19.4 Å². The number of carbonyl (C=O) groups excluding carboxylic acids is 1. The Kier molecular flexibility index (Phi) is 3.46. The Bertz CT molecular complexity index is 679. The summed E-state index contributed by atoms with van der Waals surface area (Å²) in [5, 5.41) is 9.48. The Morgan fingerprint density at radius 2 is 2.33 bits per heavy atom. The summed E-state index contributed by atoms with van der Waals surface area (Å²) in [5.41, 5.74) is 1.76. The fraction of sp³-hybridized carbons (Fsp3) is 0.579. The first-order valence-electron chi connectivity index (χ1n) is 8.63. The Morgan fingerprint density at radius 1 is 1.54 bits per heavy atom. The molecule has 4 rings (SSSR count). The van der Waals surface area contributed by atoms with Crippen LogP contribution in [0.4, 0.5) is 0 Å². The molecule has 1 N–H and O–H groups in total. The maximum Gasteiger partial charge on any atom is 0.310 e. The van der Waals surface area contributed by atoms with E-state index >= 15 is 0 Å². The molecule has 0 aromatic heterocycles. The number of hydrogen-bond acceptors (Lipinski definition) is 3. The number of ether oxygens (including phenoxy) is 1. The minimum absolute atomic E-state index is 0.0721. The van der Waals surface area contributed by atoms with Gasteiger partial charge in [0, 0.05) is 6.54 Å². The lowest BCUT2D eigenvalue weighted by atomic mass is 9.77. The van der Waals surface area contributed by atoms with E-state index < -0.39 is 29.5 Å². The number of carboxylic acids is 1. The van der Waals surface area contributed by atoms with Crippen LogP contribution in [0.15, 0.2) is 36.0 Å². The predicted octanol–water partition coefficient (Wildman–Crippen LogP) is 2.16. The van der Waals surface area contributed by atoms with Crippen molar-refractivity contribution in [2.75, 3.05) is 13.1 Å². The van der Waals surface area contributed by atoms with Crippen molar-refractivity contribution in [2.45, 2.75) is 37.9 Å². The zero-order valence-corrected chi connectivity index (χ0v) is 13.9. The highest BCUT2D eigenvalue weighted by atomic mass is 16.5. The summed E-state index contributed by atoms with van der Waals surface area (Å²) in [6.45, 7) is 7.16. The number of likely N-dealkylation sites (tertiary alicyclic amines) is 1. The van der Waals surface area contributed by atoms with E-state index in [4.69, 9.17) is 4.74 Å². The van der Waals surface area contributed by atoms with Crippen LogP contribution in [0, 0.1) is 17.8 Å². The molecule has 0 radical (unpaired) electrons. The highest BCUT2D eigenvalue weighted by Crippen LogP contribution is 2.52. The maximum atomic E-state index is 12.8. The van der Waals surface area contributed by atoms with Gasteiger partial charge in [-0.15, -0.1) is 0 Å². The first-order valence-corrected chi connectivity index (χ1v) is 8.63. The smallest absolute Gasteiger partial charge is 0.310 e. The second-order valence-electron chi connectivity index (χ2n) is 7.61. The van der Waals surface area contributed by atoms with Crippen molar-refractivity contribution >= 4 is 11.9 Å². The molecular formula is C19H23NO4. The second kappa shape index (κ2) is 5.31. The van der Waals surface area contributed by atoms with Crippen LogP contribution in [-0.4, -0.2) is 46.7 Å². The van der Waals surface area contributed by atoms with Gasteiger partial charge in [0.25, 0.3) is 0 Å². The molecule has 2 bridgehead atoms. The number of hydrogen-bond donors (Lipinski definition) is 1. The number of fused-ring (bicyclic) bond motifs is 1. The van der Waals surface area contributed by atoms with E-state index in [-0.39, 0.29) is 5.91 Å². The van der Waals surface area contributed by atoms with Crippen LogP contribution in [0.1, 0.15) is 26.2 Å². The third kappa shape index (κ3) is 2.18. The molecular weight excluding hydrogens is 306 g/mol. The van der Waals surface area contributed by atoms with E-state index in [9.17, 15) is 14.7 Å². The lowest BCUT2D eigenvalue weighted by Gasteiger charge is -2.26. The molecule has 0 saturated carbocycles. The number of nitrogens with zero attached hydrogens (tertiary/aromatic N) is 1. The highest BCUT2D eigenvalue weighted by molar-refractivity contribution is 5.90. The average Bonchev–Trinajstić information content (AvgIpc) is 3.16. The van der Waals surface area contributed by atoms with Gasteiger partial charge in [0.05, 0.1) is 18.6 Å². The predicted molar refractivity (Wildman–Crippen MR) is 88.2 cm³/mol.